The van der Waals surface area contributed by atoms with Crippen LogP contribution in [0.3, 0.4) is 0 Å². The van der Waals surface area contributed by atoms with Gasteiger partial charge in [-0.15, -0.1) is 0 Å². The third-order valence-corrected chi connectivity index (χ3v) is 3.15. The average Bonchev–Trinajstić information content (AvgIpc) is 2.53. The number of carbonyl (C=O) groups is 1. The summed E-state index contributed by atoms with van der Waals surface area (Å²) in [6, 6.07) is 6.32. The van der Waals surface area contributed by atoms with Crippen LogP contribution in [0.4, 0.5) is 11.6 Å². The molecule has 116 valence electrons. The number of aromatic nitrogens is 4. The zero-order valence-electron chi connectivity index (χ0n) is 11.8. The minimum atomic E-state index is -0.978. The lowest BCUT2D eigenvalue weighted by molar-refractivity contribution is -0.349. The van der Waals surface area contributed by atoms with Crippen molar-refractivity contribution in [2.24, 2.45) is 0 Å². The summed E-state index contributed by atoms with van der Waals surface area (Å²) in [7, 11) is 0. The molecule has 0 radical (unpaired) electrons. The summed E-state index contributed by atoms with van der Waals surface area (Å²) in [4.78, 5) is 36.0. The lowest BCUT2D eigenvalue weighted by atomic mass is 10.2. The number of nitrogens with one attached hydrogen (secondary N) is 3. The molecule has 23 heavy (non-hydrogen) atoms. The molecule has 1 aromatic carbocycles. The fourth-order valence-electron chi connectivity index (χ4n) is 2.03. The fourth-order valence-corrected chi connectivity index (χ4v) is 2.03. The predicted molar refractivity (Wildman–Crippen MR) is 81.9 cm³/mol. The van der Waals surface area contributed by atoms with Crippen molar-refractivity contribution in [1.29, 1.82) is 0 Å². The first-order valence-electron chi connectivity index (χ1n) is 6.67. The number of aromatic carboxylic acids is 1. The van der Waals surface area contributed by atoms with E-state index in [1.807, 2.05) is 0 Å². The van der Waals surface area contributed by atoms with Gasteiger partial charge in [0.05, 0.1) is 17.8 Å². The maximum atomic E-state index is 11.8. The van der Waals surface area contributed by atoms with Gasteiger partial charge in [-0.3, -0.25) is 9.78 Å². The molecule has 0 unspecified atom stereocenters. The number of benzene rings is 1. The van der Waals surface area contributed by atoms with Gasteiger partial charge < -0.3 is 16.2 Å². The highest BCUT2D eigenvalue weighted by atomic mass is 16.4. The molecule has 0 aliphatic rings. The summed E-state index contributed by atoms with van der Waals surface area (Å²) in [5, 5.41) is 11.9. The van der Waals surface area contributed by atoms with Crippen molar-refractivity contribution in [3.05, 3.63) is 52.1 Å². The first-order chi connectivity index (χ1) is 11.0. The van der Waals surface area contributed by atoms with Gasteiger partial charge >= 0.3 is 17.6 Å². The Morgan fingerprint density at radius 2 is 2.04 bits per heavy atom. The van der Waals surface area contributed by atoms with E-state index in [-0.39, 0.29) is 17.0 Å². The SMILES string of the molecule is Nc1nc2[nH+]cc(CNc3ccc(C(=O)O)cc3)nc2c(=O)[nH]1. The molecule has 0 aliphatic heterocycles. The molecule has 0 saturated carbocycles. The van der Waals surface area contributed by atoms with Gasteiger partial charge in [0.1, 0.15) is 6.20 Å². The van der Waals surface area contributed by atoms with E-state index in [9.17, 15) is 9.59 Å². The minimum absolute atomic E-state index is 0.0185. The zero-order valence-corrected chi connectivity index (χ0v) is 11.8. The minimum Gasteiger partial charge on any atom is -0.478 e. The highest BCUT2D eigenvalue weighted by Crippen LogP contribution is 2.10. The van der Waals surface area contributed by atoms with Crippen molar-refractivity contribution in [3.8, 4) is 0 Å². The molecule has 9 nitrogen and oxygen atoms in total. The Morgan fingerprint density at radius 1 is 1.30 bits per heavy atom. The van der Waals surface area contributed by atoms with Crippen LogP contribution in [0.25, 0.3) is 11.2 Å². The van der Waals surface area contributed by atoms with Crippen molar-refractivity contribution in [1.82, 2.24) is 15.0 Å². The third kappa shape index (κ3) is 3.07. The summed E-state index contributed by atoms with van der Waals surface area (Å²) in [5.41, 5.74) is 7.06. The molecule has 0 fully saturated rings. The average molecular weight is 313 g/mol. The van der Waals surface area contributed by atoms with Crippen LogP contribution < -0.4 is 21.6 Å². The topological polar surface area (TPSA) is 148 Å². The van der Waals surface area contributed by atoms with Crippen LogP contribution in [-0.2, 0) is 6.54 Å². The number of anilines is 2. The van der Waals surface area contributed by atoms with Gasteiger partial charge in [-0.2, -0.15) is 0 Å². The number of nitrogen functional groups attached to an aromatic ring is 1. The molecule has 0 bridgehead atoms. The molecule has 0 atom stereocenters. The molecule has 0 spiro atoms. The monoisotopic (exact) mass is 313 g/mol. The molecule has 0 aliphatic carbocycles. The molecule has 6 N–H and O–H groups in total. The Bertz CT molecular complexity index is 935. The van der Waals surface area contributed by atoms with Gasteiger partial charge in [-0.25, -0.2) is 14.8 Å². The van der Waals surface area contributed by atoms with Crippen molar-refractivity contribution in [3.63, 3.8) is 0 Å². The Labute approximate surface area is 129 Å². The number of nitrogens with two attached hydrogens (primary N) is 1. The Hall–Kier alpha value is -3.49. The highest BCUT2D eigenvalue weighted by Gasteiger charge is 2.13. The number of carboxylic acids is 1. The number of hydrogen-bond acceptors (Lipinski definition) is 6. The third-order valence-electron chi connectivity index (χ3n) is 3.15. The summed E-state index contributed by atoms with van der Waals surface area (Å²) in [5.74, 6) is -0.960. The van der Waals surface area contributed by atoms with Crippen LogP contribution >= 0.6 is 0 Å². The summed E-state index contributed by atoms with van der Waals surface area (Å²) < 4.78 is 0. The number of hydrogen-bond donors (Lipinski definition) is 4. The molecule has 2 heterocycles. The standard InChI is InChI=1S/C14H12N6O3/c15-14-19-11-10(12(21)20-14)18-9(6-17-11)5-16-8-3-1-7(2-4-8)13(22)23/h1-4,6,16H,5H2,(H,22,23)(H3,15,17,19,20,21)/p+1. The molecule has 2 aromatic heterocycles. The summed E-state index contributed by atoms with van der Waals surface area (Å²) >= 11 is 0. The van der Waals surface area contributed by atoms with Crippen LogP contribution in [0.5, 0.6) is 0 Å². The van der Waals surface area contributed by atoms with E-state index in [0.29, 0.717) is 17.9 Å². The number of carboxylic acid groups (broad SMARTS) is 1. The van der Waals surface area contributed by atoms with E-state index in [2.05, 4.69) is 25.3 Å². The van der Waals surface area contributed by atoms with Crippen LogP contribution in [0.15, 0.2) is 35.3 Å². The van der Waals surface area contributed by atoms with Crippen molar-refractivity contribution < 1.29 is 14.9 Å². The Morgan fingerprint density at radius 3 is 2.74 bits per heavy atom. The normalized spacial score (nSPS) is 10.6. The summed E-state index contributed by atoms with van der Waals surface area (Å²) in [6.45, 7) is 0.350. The molecular formula is C14H13N6O3+. The highest BCUT2D eigenvalue weighted by molar-refractivity contribution is 5.88. The van der Waals surface area contributed by atoms with Crippen LogP contribution in [0.2, 0.25) is 0 Å². The van der Waals surface area contributed by atoms with Gasteiger partial charge in [0, 0.05) is 5.69 Å². The van der Waals surface area contributed by atoms with Crippen molar-refractivity contribution in [2.45, 2.75) is 6.54 Å². The zero-order chi connectivity index (χ0) is 16.4. The smallest absolute Gasteiger partial charge is 0.356 e. The van der Waals surface area contributed by atoms with Crippen LogP contribution in [-0.4, -0.2) is 26.0 Å². The molecule has 0 saturated heterocycles. The molecule has 9 heteroatoms. The number of H-pyrrole nitrogens is 2. The molecular weight excluding hydrogens is 300 g/mol. The molecule has 0 amide bonds. The largest absolute Gasteiger partial charge is 0.478 e. The second kappa shape index (κ2) is 5.72. The van der Waals surface area contributed by atoms with E-state index >= 15 is 0 Å². The van der Waals surface area contributed by atoms with Gasteiger partial charge in [-0.05, 0) is 29.2 Å². The van der Waals surface area contributed by atoms with Crippen LogP contribution in [0.1, 0.15) is 16.1 Å². The van der Waals surface area contributed by atoms with E-state index in [1.165, 1.54) is 12.1 Å². The first kappa shape index (κ1) is 14.4. The van der Waals surface area contributed by atoms with E-state index in [4.69, 9.17) is 10.8 Å². The van der Waals surface area contributed by atoms with E-state index < -0.39 is 11.5 Å². The van der Waals surface area contributed by atoms with Crippen molar-refractivity contribution >= 4 is 28.8 Å². The predicted octanol–water partition coefficient (Wildman–Crippen LogP) is 0.0247. The Kier molecular flexibility index (Phi) is 3.59. The van der Waals surface area contributed by atoms with Gasteiger partial charge in [0.2, 0.25) is 5.52 Å². The second-order valence-corrected chi connectivity index (χ2v) is 4.78. The fraction of sp³-hybridized carbons (Fsp3) is 0.0714. The van der Waals surface area contributed by atoms with E-state index in [0.717, 1.165) is 5.69 Å². The van der Waals surface area contributed by atoms with E-state index in [1.54, 1.807) is 18.3 Å². The van der Waals surface area contributed by atoms with Crippen molar-refractivity contribution in [2.75, 3.05) is 11.1 Å². The van der Waals surface area contributed by atoms with Gasteiger partial charge in [0.15, 0.2) is 0 Å². The lowest BCUT2D eigenvalue weighted by Gasteiger charge is -2.05. The number of fused-ring (bicyclic) bond motifs is 1. The number of aromatic amines is 2. The Balaban J connectivity index is 1.79. The first-order valence-corrected chi connectivity index (χ1v) is 6.67. The lowest BCUT2D eigenvalue weighted by Crippen LogP contribution is -2.20. The summed E-state index contributed by atoms with van der Waals surface area (Å²) in [6.07, 6.45) is 1.62. The number of rotatable bonds is 4. The molecule has 3 rings (SSSR count). The van der Waals surface area contributed by atoms with Gasteiger partial charge in [0.25, 0.3) is 5.56 Å². The molecule has 3 aromatic rings. The van der Waals surface area contributed by atoms with Crippen LogP contribution in [0, 0.1) is 0 Å². The van der Waals surface area contributed by atoms with Gasteiger partial charge in [-0.1, -0.05) is 0 Å². The quantitative estimate of drug-likeness (QED) is 0.530. The maximum absolute atomic E-state index is 11.8. The maximum Gasteiger partial charge on any atom is 0.356 e. The number of nitrogens with zero attached hydrogens (tertiary/aromatic N) is 2. The second-order valence-electron chi connectivity index (χ2n) is 4.78.